The minimum Gasteiger partial charge on any atom is -0.399 e. The molecule has 0 spiro atoms. The van der Waals surface area contributed by atoms with E-state index in [0.717, 1.165) is 5.46 Å². The lowest BCUT2D eigenvalue weighted by atomic mass is 9.71. The van der Waals surface area contributed by atoms with Gasteiger partial charge in [0.1, 0.15) is 0 Å². The van der Waals surface area contributed by atoms with Gasteiger partial charge in [-0.3, -0.25) is 0 Å². The van der Waals surface area contributed by atoms with Crippen LogP contribution < -0.4 is 21.4 Å². The number of benzene rings is 6. The maximum Gasteiger partial charge on any atom is 0.496 e. The smallest absolute Gasteiger partial charge is 0.399 e. The Kier molecular flexibility index (Phi) is 6.78. The topological polar surface area (TPSA) is 18.5 Å². The third-order valence-electron chi connectivity index (χ3n) is 8.88. The highest BCUT2D eigenvalue weighted by Crippen LogP contribution is 2.41. The van der Waals surface area contributed by atoms with Crippen molar-refractivity contribution in [2.75, 3.05) is 0 Å². The minimum absolute atomic E-state index is 0.418. The lowest BCUT2D eigenvalue weighted by Crippen LogP contribution is -2.41. The second-order valence-corrected chi connectivity index (χ2v) is 14.2. The Morgan fingerprint density at radius 2 is 0.905 bits per heavy atom. The molecule has 0 N–H and O–H groups in total. The van der Waals surface area contributed by atoms with E-state index in [1.165, 1.54) is 48.6 Å². The van der Waals surface area contributed by atoms with Crippen molar-refractivity contribution in [3.8, 4) is 11.1 Å². The Balaban J connectivity index is 1.46. The molecule has 0 saturated carbocycles. The summed E-state index contributed by atoms with van der Waals surface area (Å²) in [7, 11) is -1.16. The molecule has 7 rings (SSSR count). The van der Waals surface area contributed by atoms with Gasteiger partial charge in [0.25, 0.3) is 0 Å². The molecule has 4 heteroatoms. The fourth-order valence-corrected chi connectivity index (χ4v) is 8.43. The van der Waals surface area contributed by atoms with Gasteiger partial charge in [-0.05, 0) is 95.7 Å². The molecule has 1 saturated heterocycles. The largest absolute Gasteiger partial charge is 0.496 e. The van der Waals surface area contributed by atoms with Crippen molar-refractivity contribution < 1.29 is 9.31 Å². The molecule has 1 fully saturated rings. The van der Waals surface area contributed by atoms with Crippen LogP contribution in [-0.4, -0.2) is 18.3 Å². The van der Waals surface area contributed by atoms with Gasteiger partial charge in [-0.15, -0.1) is 0 Å². The van der Waals surface area contributed by atoms with E-state index in [4.69, 9.17) is 9.31 Å². The molecule has 206 valence electrons. The van der Waals surface area contributed by atoms with Crippen molar-refractivity contribution in [3.63, 3.8) is 0 Å². The number of rotatable bonds is 5. The average Bonchev–Trinajstić information content (AvgIpc) is 3.22. The first-order valence-electron chi connectivity index (χ1n) is 14.6. The van der Waals surface area contributed by atoms with Crippen molar-refractivity contribution in [1.29, 1.82) is 0 Å². The van der Waals surface area contributed by atoms with Crippen LogP contribution in [0.3, 0.4) is 0 Å². The molecule has 0 unspecified atom stereocenters. The lowest BCUT2D eigenvalue weighted by Gasteiger charge is -2.32. The van der Waals surface area contributed by atoms with E-state index >= 15 is 0 Å². The zero-order chi connectivity index (χ0) is 28.9. The van der Waals surface area contributed by atoms with Crippen LogP contribution >= 0.6 is 7.92 Å². The third-order valence-corrected chi connectivity index (χ3v) is 11.3. The van der Waals surface area contributed by atoms with Gasteiger partial charge in [-0.1, -0.05) is 127 Å². The highest BCUT2D eigenvalue weighted by Gasteiger charge is 2.52. The van der Waals surface area contributed by atoms with E-state index in [1.807, 2.05) is 0 Å². The predicted octanol–water partition coefficient (Wildman–Crippen LogP) is 7.72. The molecule has 0 atom stereocenters. The van der Waals surface area contributed by atoms with Crippen molar-refractivity contribution in [1.82, 2.24) is 0 Å². The van der Waals surface area contributed by atoms with Crippen LogP contribution in [-0.2, 0) is 9.31 Å². The van der Waals surface area contributed by atoms with Gasteiger partial charge in [0.2, 0.25) is 0 Å². The van der Waals surface area contributed by atoms with Crippen LogP contribution in [0.15, 0.2) is 133 Å². The quantitative estimate of drug-likeness (QED) is 0.121. The second kappa shape index (κ2) is 10.5. The Bertz CT molecular complexity index is 1790. The molecule has 1 heterocycles. The molecule has 0 aliphatic carbocycles. The lowest BCUT2D eigenvalue weighted by molar-refractivity contribution is 0.00578. The molecular formula is C38H34BO2P. The molecule has 0 amide bonds. The monoisotopic (exact) mass is 564 g/mol. The standard InChI is InChI=1S/C38H34BO2P/c1-37(2)38(3,4)41-39(40-37)36-33-24-13-11-22-31(33)35(32-23-12-14-25-34(32)36)27-16-15-21-30(26-27)42(28-17-7-5-8-18-28)29-19-9-6-10-20-29/h5-26H,1-4H3. The second-order valence-electron chi connectivity index (χ2n) is 12.0. The fourth-order valence-electron chi connectivity index (χ4n) is 6.09. The highest BCUT2D eigenvalue weighted by molar-refractivity contribution is 7.79. The van der Waals surface area contributed by atoms with E-state index in [0.29, 0.717) is 0 Å². The molecule has 42 heavy (non-hydrogen) atoms. The molecule has 1 aliphatic rings. The normalized spacial score (nSPS) is 16.0. The fraction of sp³-hybridized carbons (Fsp3) is 0.158. The summed E-state index contributed by atoms with van der Waals surface area (Å²) in [5, 5.41) is 8.79. The van der Waals surface area contributed by atoms with Gasteiger partial charge in [0.05, 0.1) is 11.2 Å². The summed E-state index contributed by atoms with van der Waals surface area (Å²) in [4.78, 5) is 0. The maximum absolute atomic E-state index is 6.64. The predicted molar refractivity (Wildman–Crippen MR) is 181 cm³/mol. The van der Waals surface area contributed by atoms with Crippen LogP contribution in [0, 0.1) is 0 Å². The van der Waals surface area contributed by atoms with Crippen molar-refractivity contribution >= 4 is 58.0 Å². The minimum atomic E-state index is -0.714. The third kappa shape index (κ3) is 4.57. The Labute approximate surface area is 250 Å². The first kappa shape index (κ1) is 27.1. The number of hydrogen-bond acceptors (Lipinski definition) is 2. The van der Waals surface area contributed by atoms with E-state index in [2.05, 4.69) is 161 Å². The molecule has 0 radical (unpaired) electrons. The zero-order valence-electron chi connectivity index (χ0n) is 24.5. The SMILES string of the molecule is CC1(C)OB(c2c3ccccc3c(-c3cccc(P(c4ccccc4)c4ccccc4)c3)c3ccccc23)OC1(C)C. The van der Waals surface area contributed by atoms with Crippen LogP contribution in [0.1, 0.15) is 27.7 Å². The van der Waals surface area contributed by atoms with Gasteiger partial charge in [-0.2, -0.15) is 0 Å². The first-order valence-corrected chi connectivity index (χ1v) is 16.0. The van der Waals surface area contributed by atoms with Gasteiger partial charge in [0.15, 0.2) is 0 Å². The van der Waals surface area contributed by atoms with Crippen molar-refractivity contribution in [2.45, 2.75) is 38.9 Å². The van der Waals surface area contributed by atoms with Crippen LogP contribution in [0.2, 0.25) is 0 Å². The van der Waals surface area contributed by atoms with Gasteiger partial charge >= 0.3 is 7.12 Å². The number of fused-ring (bicyclic) bond motifs is 2. The number of hydrogen-bond donors (Lipinski definition) is 0. The highest BCUT2D eigenvalue weighted by atomic mass is 31.1. The van der Waals surface area contributed by atoms with Crippen LogP contribution in [0.4, 0.5) is 0 Å². The van der Waals surface area contributed by atoms with E-state index in [9.17, 15) is 0 Å². The molecule has 2 nitrogen and oxygen atoms in total. The van der Waals surface area contributed by atoms with E-state index < -0.39 is 26.2 Å². The summed E-state index contributed by atoms with van der Waals surface area (Å²) in [6, 6.07) is 48.4. The average molecular weight is 564 g/mol. The molecule has 6 aromatic rings. The summed E-state index contributed by atoms with van der Waals surface area (Å²) >= 11 is 0. The molecular weight excluding hydrogens is 530 g/mol. The van der Waals surface area contributed by atoms with Crippen molar-refractivity contribution in [2.24, 2.45) is 0 Å². The van der Waals surface area contributed by atoms with Gasteiger partial charge in [0, 0.05) is 0 Å². The summed E-state index contributed by atoms with van der Waals surface area (Å²) in [6.45, 7) is 8.48. The van der Waals surface area contributed by atoms with E-state index in [1.54, 1.807) is 0 Å². The Hall–Kier alpha value is -3.75. The van der Waals surface area contributed by atoms with Crippen LogP contribution in [0.25, 0.3) is 32.7 Å². The molecule has 0 aromatic heterocycles. The maximum atomic E-state index is 6.64. The van der Waals surface area contributed by atoms with Gasteiger partial charge in [-0.25, -0.2) is 0 Å². The Morgan fingerprint density at radius 3 is 1.40 bits per heavy atom. The Morgan fingerprint density at radius 1 is 0.476 bits per heavy atom. The zero-order valence-corrected chi connectivity index (χ0v) is 25.4. The summed E-state index contributed by atoms with van der Waals surface area (Å²) in [5.41, 5.74) is 2.74. The first-order chi connectivity index (χ1) is 20.3. The van der Waals surface area contributed by atoms with E-state index in [-0.39, 0.29) is 0 Å². The van der Waals surface area contributed by atoms with Crippen LogP contribution in [0.5, 0.6) is 0 Å². The molecule has 6 aromatic carbocycles. The summed E-state index contributed by atoms with van der Waals surface area (Å²) in [5.74, 6) is 0. The van der Waals surface area contributed by atoms with Gasteiger partial charge < -0.3 is 9.31 Å². The van der Waals surface area contributed by atoms with Crippen molar-refractivity contribution in [3.05, 3.63) is 133 Å². The summed E-state index contributed by atoms with van der Waals surface area (Å²) in [6.07, 6.45) is 0. The molecule has 1 aliphatic heterocycles. The molecule has 0 bridgehead atoms. The summed E-state index contributed by atoms with van der Waals surface area (Å²) < 4.78 is 13.3.